The number of aromatic nitrogens is 3. The smallest absolute Gasteiger partial charge is 0.251 e. The molecular weight excluding hydrogens is 320 g/mol. The molecule has 1 aliphatic heterocycles. The minimum atomic E-state index is -0.149. The maximum absolute atomic E-state index is 12.4. The molecule has 128 valence electrons. The highest BCUT2D eigenvalue weighted by molar-refractivity contribution is 5.94. The Morgan fingerprint density at radius 3 is 2.92 bits per heavy atom. The Labute approximate surface area is 144 Å². The summed E-state index contributed by atoms with van der Waals surface area (Å²) < 4.78 is 13.1. The Morgan fingerprint density at radius 1 is 1.12 bits per heavy atom. The summed E-state index contributed by atoms with van der Waals surface area (Å²) in [5, 5.41) is 11.2. The van der Waals surface area contributed by atoms with Gasteiger partial charge in [0, 0.05) is 31.1 Å². The molecular formula is C18H18N4O3. The van der Waals surface area contributed by atoms with Crippen LogP contribution in [0.3, 0.4) is 0 Å². The van der Waals surface area contributed by atoms with Gasteiger partial charge in [-0.2, -0.15) is 0 Å². The van der Waals surface area contributed by atoms with Gasteiger partial charge in [0.2, 0.25) is 0 Å². The molecule has 0 saturated carbocycles. The molecule has 0 aliphatic carbocycles. The van der Waals surface area contributed by atoms with Gasteiger partial charge in [0.25, 0.3) is 5.91 Å². The summed E-state index contributed by atoms with van der Waals surface area (Å²) in [4.78, 5) is 12.4. The predicted octanol–water partition coefficient (Wildman–Crippen LogP) is 1.86. The first-order valence-corrected chi connectivity index (χ1v) is 8.28. The quantitative estimate of drug-likeness (QED) is 0.786. The van der Waals surface area contributed by atoms with Gasteiger partial charge >= 0.3 is 0 Å². The van der Waals surface area contributed by atoms with Crippen LogP contribution in [-0.4, -0.2) is 40.3 Å². The van der Waals surface area contributed by atoms with E-state index in [2.05, 4.69) is 15.5 Å². The highest BCUT2D eigenvalue weighted by Gasteiger charge is 2.14. The molecule has 3 heterocycles. The second-order valence-corrected chi connectivity index (χ2v) is 5.76. The molecule has 7 nitrogen and oxygen atoms in total. The van der Waals surface area contributed by atoms with Gasteiger partial charge in [-0.1, -0.05) is 6.07 Å². The first-order chi connectivity index (χ1) is 12.3. The molecule has 2 aromatic heterocycles. The molecule has 0 atom stereocenters. The molecule has 1 amide bonds. The van der Waals surface area contributed by atoms with Crippen LogP contribution in [0.5, 0.6) is 11.5 Å². The van der Waals surface area contributed by atoms with E-state index >= 15 is 0 Å². The number of carbonyl (C=O) groups excluding carboxylic acids is 1. The summed E-state index contributed by atoms with van der Waals surface area (Å²) in [6.07, 6.45) is 3.35. The lowest BCUT2D eigenvalue weighted by atomic mass is 10.2. The lowest BCUT2D eigenvalue weighted by Gasteiger charge is -2.09. The van der Waals surface area contributed by atoms with Crippen molar-refractivity contribution in [3.63, 3.8) is 0 Å². The van der Waals surface area contributed by atoms with E-state index in [1.54, 1.807) is 18.2 Å². The van der Waals surface area contributed by atoms with Crippen LogP contribution < -0.4 is 14.8 Å². The Hall–Kier alpha value is -3.09. The number of nitrogens with one attached hydrogen (secondary N) is 1. The molecule has 4 rings (SSSR count). The Bertz CT molecular complexity index is 906. The van der Waals surface area contributed by atoms with Gasteiger partial charge in [0.05, 0.1) is 13.2 Å². The van der Waals surface area contributed by atoms with E-state index in [0.717, 1.165) is 17.9 Å². The molecule has 0 radical (unpaired) electrons. The molecule has 7 heteroatoms. The minimum Gasteiger partial charge on any atom is -0.490 e. The third-order valence-electron chi connectivity index (χ3n) is 4.03. The fourth-order valence-electron chi connectivity index (χ4n) is 2.76. The average Bonchev–Trinajstić information content (AvgIpc) is 2.90. The molecule has 1 aliphatic rings. The number of amides is 1. The first kappa shape index (κ1) is 15.4. The Morgan fingerprint density at radius 2 is 2.00 bits per heavy atom. The van der Waals surface area contributed by atoms with Crippen molar-refractivity contribution in [3.8, 4) is 11.5 Å². The number of rotatable bonds is 4. The van der Waals surface area contributed by atoms with Gasteiger partial charge in [0.15, 0.2) is 17.1 Å². The summed E-state index contributed by atoms with van der Waals surface area (Å²) in [6.45, 7) is 1.70. The van der Waals surface area contributed by atoms with Gasteiger partial charge in [0.1, 0.15) is 5.82 Å². The zero-order chi connectivity index (χ0) is 17.1. The van der Waals surface area contributed by atoms with Gasteiger partial charge in [-0.05, 0) is 30.3 Å². The van der Waals surface area contributed by atoms with Crippen LogP contribution in [0.2, 0.25) is 0 Å². The highest BCUT2D eigenvalue weighted by atomic mass is 16.5. The Balaban J connectivity index is 1.40. The van der Waals surface area contributed by atoms with Crippen LogP contribution in [0.1, 0.15) is 22.6 Å². The average molecular weight is 338 g/mol. The molecule has 3 aromatic rings. The fraction of sp³-hybridized carbons (Fsp3) is 0.278. The second kappa shape index (κ2) is 6.80. The number of benzene rings is 1. The monoisotopic (exact) mass is 338 g/mol. The van der Waals surface area contributed by atoms with Crippen molar-refractivity contribution in [1.82, 2.24) is 19.9 Å². The van der Waals surface area contributed by atoms with Crippen molar-refractivity contribution in [2.24, 2.45) is 0 Å². The number of nitrogens with zero attached hydrogens (tertiary/aromatic N) is 3. The number of pyridine rings is 1. The van der Waals surface area contributed by atoms with Gasteiger partial charge in [-0.25, -0.2) is 0 Å². The lowest BCUT2D eigenvalue weighted by Crippen LogP contribution is -2.26. The molecule has 0 unspecified atom stereocenters. The number of carbonyl (C=O) groups is 1. The second-order valence-electron chi connectivity index (χ2n) is 5.76. The molecule has 0 bridgehead atoms. The number of fused-ring (bicyclic) bond motifs is 2. The predicted molar refractivity (Wildman–Crippen MR) is 91.1 cm³/mol. The summed E-state index contributed by atoms with van der Waals surface area (Å²) in [5.41, 5.74) is 1.35. The summed E-state index contributed by atoms with van der Waals surface area (Å²) >= 11 is 0. The van der Waals surface area contributed by atoms with E-state index in [1.807, 2.05) is 28.8 Å². The van der Waals surface area contributed by atoms with E-state index in [-0.39, 0.29) is 5.91 Å². The molecule has 0 fully saturated rings. The van der Waals surface area contributed by atoms with Crippen molar-refractivity contribution >= 4 is 11.6 Å². The van der Waals surface area contributed by atoms with E-state index in [1.165, 1.54) is 0 Å². The fourth-order valence-corrected chi connectivity index (χ4v) is 2.76. The normalized spacial score (nSPS) is 13.4. The topological polar surface area (TPSA) is 77.8 Å². The summed E-state index contributed by atoms with van der Waals surface area (Å²) in [5.74, 6) is 1.97. The van der Waals surface area contributed by atoms with Crippen LogP contribution in [0.15, 0.2) is 42.6 Å². The van der Waals surface area contributed by atoms with Crippen LogP contribution >= 0.6 is 0 Å². The maximum atomic E-state index is 12.4. The molecule has 0 saturated heterocycles. The zero-order valence-corrected chi connectivity index (χ0v) is 13.6. The Kier molecular flexibility index (Phi) is 4.20. The standard InChI is InChI=1S/C18H18N4O3/c23-18(13-5-6-14-15(12-13)25-11-3-10-24-14)19-8-7-17-21-20-16-4-1-2-9-22(16)17/h1-2,4-6,9,12H,3,7-8,10-11H2,(H,19,23). The van der Waals surface area contributed by atoms with Crippen LogP contribution in [0.4, 0.5) is 0 Å². The van der Waals surface area contributed by atoms with Crippen molar-refractivity contribution < 1.29 is 14.3 Å². The molecule has 25 heavy (non-hydrogen) atoms. The summed E-state index contributed by atoms with van der Waals surface area (Å²) in [6, 6.07) is 11.0. The highest BCUT2D eigenvalue weighted by Crippen LogP contribution is 2.30. The zero-order valence-electron chi connectivity index (χ0n) is 13.6. The number of hydrogen-bond donors (Lipinski definition) is 1. The molecule has 1 aromatic carbocycles. The van der Waals surface area contributed by atoms with E-state index < -0.39 is 0 Å². The van der Waals surface area contributed by atoms with Crippen molar-refractivity contribution in [2.75, 3.05) is 19.8 Å². The van der Waals surface area contributed by atoms with Crippen molar-refractivity contribution in [1.29, 1.82) is 0 Å². The maximum Gasteiger partial charge on any atom is 0.251 e. The SMILES string of the molecule is O=C(NCCc1nnc2ccccn12)c1ccc2c(c1)OCCCO2. The molecule has 1 N–H and O–H groups in total. The first-order valence-electron chi connectivity index (χ1n) is 8.28. The van der Waals surface area contributed by atoms with Crippen LogP contribution in [0.25, 0.3) is 5.65 Å². The van der Waals surface area contributed by atoms with E-state index in [9.17, 15) is 4.79 Å². The van der Waals surface area contributed by atoms with E-state index in [4.69, 9.17) is 9.47 Å². The number of hydrogen-bond acceptors (Lipinski definition) is 5. The minimum absolute atomic E-state index is 0.149. The van der Waals surface area contributed by atoms with Gasteiger partial charge < -0.3 is 14.8 Å². The van der Waals surface area contributed by atoms with Crippen molar-refractivity contribution in [2.45, 2.75) is 12.8 Å². The van der Waals surface area contributed by atoms with Crippen LogP contribution in [0, 0.1) is 0 Å². The largest absolute Gasteiger partial charge is 0.490 e. The lowest BCUT2D eigenvalue weighted by molar-refractivity contribution is 0.0953. The van der Waals surface area contributed by atoms with Crippen molar-refractivity contribution in [3.05, 3.63) is 54.0 Å². The third kappa shape index (κ3) is 3.26. The van der Waals surface area contributed by atoms with Gasteiger partial charge in [-0.3, -0.25) is 9.20 Å². The molecule has 0 spiro atoms. The van der Waals surface area contributed by atoms with Crippen LogP contribution in [-0.2, 0) is 6.42 Å². The number of ether oxygens (including phenoxy) is 2. The third-order valence-corrected chi connectivity index (χ3v) is 4.03. The summed E-state index contributed by atoms with van der Waals surface area (Å²) in [7, 11) is 0. The van der Waals surface area contributed by atoms with Gasteiger partial charge in [-0.15, -0.1) is 10.2 Å². The van der Waals surface area contributed by atoms with E-state index in [0.29, 0.717) is 43.2 Å².